The summed E-state index contributed by atoms with van der Waals surface area (Å²) in [7, 11) is 0. The van der Waals surface area contributed by atoms with E-state index in [1.54, 1.807) is 0 Å². The molecule has 16 nitrogen and oxygen atoms in total. The highest BCUT2D eigenvalue weighted by Crippen LogP contribution is 2.49. The van der Waals surface area contributed by atoms with Crippen molar-refractivity contribution in [2.24, 2.45) is 0 Å². The molecule has 0 spiro atoms. The summed E-state index contributed by atoms with van der Waals surface area (Å²) in [6.45, 7) is 0. The molecule has 320 valence electrons. The van der Waals surface area contributed by atoms with Gasteiger partial charge in [0.05, 0.1) is 52.0 Å². The number of benzene rings is 2. The number of anilines is 3. The summed E-state index contributed by atoms with van der Waals surface area (Å²) in [5.74, 6) is -0.827. The molecule has 2 aromatic carbocycles. The van der Waals surface area contributed by atoms with Gasteiger partial charge in [0.25, 0.3) is 5.69 Å². The van der Waals surface area contributed by atoms with E-state index in [1.807, 2.05) is 5.32 Å². The minimum Gasteiger partial charge on any atom is -0.382 e. The normalized spacial score (nSPS) is 11.7. The zero-order chi connectivity index (χ0) is 45.9. The lowest BCUT2D eigenvalue weighted by molar-refractivity contribution is -0.394. The first-order valence-electron chi connectivity index (χ1n) is 13.7. The minimum absolute atomic E-state index is 0.0532. The predicted molar refractivity (Wildman–Crippen MR) is 181 cm³/mol. The summed E-state index contributed by atoms with van der Waals surface area (Å²) in [4.78, 5) is 44.6. The maximum Gasteiger partial charge on any atom is 0.418 e. The Morgan fingerprint density at radius 2 is 0.915 bits per heavy atom. The Labute approximate surface area is 340 Å². The van der Waals surface area contributed by atoms with E-state index in [4.69, 9.17) is 63.7 Å². The number of rotatable bonds is 6. The molecule has 0 aliphatic carbocycles. The van der Waals surface area contributed by atoms with E-state index in [1.165, 1.54) is 0 Å². The van der Waals surface area contributed by atoms with Crippen molar-refractivity contribution in [1.29, 1.82) is 0 Å². The van der Waals surface area contributed by atoms with Crippen molar-refractivity contribution in [3.63, 3.8) is 0 Å². The Balaban J connectivity index is 0.000000339. The van der Waals surface area contributed by atoms with Crippen LogP contribution in [0.25, 0.3) is 0 Å². The molecule has 0 amide bonds. The van der Waals surface area contributed by atoms with E-state index in [9.17, 15) is 93.1 Å². The molecule has 0 fully saturated rings. The number of hydrogen-bond donors (Lipinski definition) is 2. The molecule has 33 heteroatoms. The van der Waals surface area contributed by atoms with Crippen LogP contribution >= 0.6 is 58.0 Å². The Morgan fingerprint density at radius 1 is 0.525 bits per heavy atom. The molecule has 4 aromatic rings. The fraction of sp³-hybridized carbons (Fsp3) is 0.154. The van der Waals surface area contributed by atoms with Crippen LogP contribution in [0.4, 0.5) is 92.8 Å². The van der Waals surface area contributed by atoms with Crippen LogP contribution in [0.5, 0.6) is 0 Å². The van der Waals surface area contributed by atoms with Crippen LogP contribution in [0.15, 0.2) is 36.7 Å². The van der Waals surface area contributed by atoms with Crippen molar-refractivity contribution < 1.29 is 72.4 Å². The van der Waals surface area contributed by atoms with E-state index in [2.05, 4.69) is 9.97 Å². The van der Waals surface area contributed by atoms with Gasteiger partial charge in [-0.1, -0.05) is 58.0 Å². The highest BCUT2D eigenvalue weighted by Gasteiger charge is 2.43. The monoisotopic (exact) mass is 964 g/mol. The van der Waals surface area contributed by atoms with Crippen molar-refractivity contribution >= 4 is 98.1 Å². The van der Waals surface area contributed by atoms with Gasteiger partial charge in [-0.15, -0.1) is 0 Å². The summed E-state index contributed by atoms with van der Waals surface area (Å²) in [5.41, 5.74) is -7.31. The third kappa shape index (κ3) is 12.3. The average molecular weight is 967 g/mol. The highest BCUT2D eigenvalue weighted by atomic mass is 35.5. The van der Waals surface area contributed by atoms with Gasteiger partial charge in [0.1, 0.15) is 21.7 Å². The first kappa shape index (κ1) is 49.7. The van der Waals surface area contributed by atoms with Gasteiger partial charge in [0.15, 0.2) is 10.7 Å². The van der Waals surface area contributed by atoms with Gasteiger partial charge in [-0.05, 0) is 12.1 Å². The Bertz CT molecular complexity index is 2330. The second-order valence-corrected chi connectivity index (χ2v) is 12.1. The number of alkyl halides is 12. The second kappa shape index (κ2) is 18.2. The van der Waals surface area contributed by atoms with Crippen LogP contribution in [-0.2, 0) is 24.7 Å². The van der Waals surface area contributed by atoms with Gasteiger partial charge >= 0.3 is 41.8 Å². The molecular formula is C26H9Cl5F12N8O8. The zero-order valence-corrected chi connectivity index (χ0v) is 30.7. The van der Waals surface area contributed by atoms with Crippen LogP contribution < -0.4 is 11.1 Å². The van der Waals surface area contributed by atoms with Gasteiger partial charge < -0.3 is 11.1 Å². The number of nitro groups is 4. The Morgan fingerprint density at radius 3 is 1.27 bits per heavy atom. The first-order valence-corrected chi connectivity index (χ1v) is 15.6. The number of nitrogens with zero attached hydrogens (tertiary/aromatic N) is 6. The van der Waals surface area contributed by atoms with E-state index in [0.29, 0.717) is 12.3 Å². The van der Waals surface area contributed by atoms with E-state index in [-0.39, 0.29) is 29.2 Å². The van der Waals surface area contributed by atoms with Crippen LogP contribution in [-0.4, -0.2) is 29.7 Å². The molecule has 3 N–H and O–H groups in total. The lowest BCUT2D eigenvalue weighted by Crippen LogP contribution is -2.12. The Hall–Kier alpha value is -5.45. The molecule has 0 bridgehead atoms. The number of aromatic nitrogens is 2. The van der Waals surface area contributed by atoms with Crippen LogP contribution in [0.2, 0.25) is 25.1 Å². The van der Waals surface area contributed by atoms with Gasteiger partial charge in [-0.2, -0.15) is 52.7 Å². The molecule has 0 atom stereocenters. The Kier molecular flexibility index (Phi) is 15.3. The fourth-order valence-corrected chi connectivity index (χ4v) is 5.16. The number of nitrogens with one attached hydrogen (secondary N) is 1. The molecule has 59 heavy (non-hydrogen) atoms. The van der Waals surface area contributed by atoms with Gasteiger partial charge in [0, 0.05) is 24.5 Å². The standard InChI is InChI=1S/C13H4Cl2F6N4O4.C7HCl2F3N2O4.C6H4ClF3N2/c14-6-1-4(12(16,17)18)3-22-11(6)23-9-7(24(26)27)2-5(13(19,20)21)8(15)10(9)25(28)29;8-4-2(7(10,11)12)1-3(13(15)16)5(9)6(4)14(17)18;7-4-1-3(6(8,9)10)2-12-5(4)11/h1-3H,(H,22,23);1H;1-2H,(H2,11,12). The van der Waals surface area contributed by atoms with Crippen molar-refractivity contribution in [3.05, 3.63) is 124 Å². The highest BCUT2D eigenvalue weighted by molar-refractivity contribution is 6.40. The number of nitro benzene ring substituents is 4. The summed E-state index contributed by atoms with van der Waals surface area (Å²) < 4.78 is 150. The van der Waals surface area contributed by atoms with Gasteiger partial charge in [-0.3, -0.25) is 40.5 Å². The van der Waals surface area contributed by atoms with Crippen LogP contribution in [0, 0.1) is 40.5 Å². The smallest absolute Gasteiger partial charge is 0.382 e. The summed E-state index contributed by atoms with van der Waals surface area (Å²) in [6.07, 6.45) is -18.7. The topological polar surface area (TPSA) is 236 Å². The fourth-order valence-electron chi connectivity index (χ4n) is 3.79. The molecule has 0 radical (unpaired) electrons. The molecule has 2 aromatic heterocycles. The summed E-state index contributed by atoms with van der Waals surface area (Å²) in [6, 6.07) is 1.09. The van der Waals surface area contributed by atoms with Crippen molar-refractivity contribution in [1.82, 2.24) is 9.97 Å². The van der Waals surface area contributed by atoms with Crippen LogP contribution in [0.3, 0.4) is 0 Å². The molecule has 0 aliphatic rings. The third-order valence-corrected chi connectivity index (χ3v) is 8.08. The van der Waals surface area contributed by atoms with E-state index < -0.39 is 121 Å². The largest absolute Gasteiger partial charge is 0.418 e. The van der Waals surface area contributed by atoms with Gasteiger partial charge in [0.2, 0.25) is 0 Å². The lowest BCUT2D eigenvalue weighted by atomic mass is 10.1. The second-order valence-electron chi connectivity index (χ2n) is 10.2. The number of halogens is 17. The first-order chi connectivity index (χ1) is 26.6. The maximum atomic E-state index is 13.0. The molecule has 2 heterocycles. The minimum atomic E-state index is -5.27. The average Bonchev–Trinajstić information content (AvgIpc) is 3.04. The number of nitrogen functional groups attached to an aromatic ring is 1. The number of hydrogen-bond acceptors (Lipinski definition) is 12. The molecular weight excluding hydrogens is 958 g/mol. The predicted octanol–water partition coefficient (Wildman–Crippen LogP) is 12.2. The molecule has 0 unspecified atom stereocenters. The molecule has 0 saturated carbocycles. The number of nitrogens with two attached hydrogens (primary N) is 1. The summed E-state index contributed by atoms with van der Waals surface area (Å²) >= 11 is 26.9. The van der Waals surface area contributed by atoms with E-state index in [0.717, 1.165) is 6.07 Å². The quantitative estimate of drug-likeness (QED) is 0.104. The molecule has 0 saturated heterocycles. The van der Waals surface area contributed by atoms with Crippen molar-refractivity contribution in [2.45, 2.75) is 24.7 Å². The lowest BCUT2D eigenvalue weighted by Gasteiger charge is -2.14. The van der Waals surface area contributed by atoms with Crippen molar-refractivity contribution in [2.75, 3.05) is 11.1 Å². The zero-order valence-electron chi connectivity index (χ0n) is 26.9. The van der Waals surface area contributed by atoms with Gasteiger partial charge in [-0.25, -0.2) is 9.97 Å². The van der Waals surface area contributed by atoms with Crippen molar-refractivity contribution in [3.8, 4) is 0 Å². The number of pyridine rings is 2. The SMILES string of the molecule is Nc1ncc(C(F)(F)F)cc1Cl.O=[N+]([O-])c1cc(C(F)(F)F)c(Cl)c([N+](=O)[O-])c1Cl.O=[N+]([O-])c1cc(C(F)(F)F)c(Cl)c([N+](=O)[O-])c1Nc1ncc(C(F)(F)F)cc1Cl. The van der Waals surface area contributed by atoms with E-state index >= 15 is 0 Å². The third-order valence-electron chi connectivity index (χ3n) is 6.35. The summed E-state index contributed by atoms with van der Waals surface area (Å²) in [5, 5.41) is 40.6. The molecule has 0 aliphatic heterocycles. The maximum absolute atomic E-state index is 13.0. The van der Waals surface area contributed by atoms with Crippen LogP contribution in [0.1, 0.15) is 22.3 Å². The molecule has 4 rings (SSSR count).